The van der Waals surface area contributed by atoms with Crippen LogP contribution in [-0.2, 0) is 5.04 Å². The number of hydrogen-bond donors (Lipinski definition) is 0. The van der Waals surface area contributed by atoms with E-state index in [1.807, 2.05) is 0 Å². The fourth-order valence-corrected chi connectivity index (χ4v) is 4.32. The first-order valence-electron chi connectivity index (χ1n) is 3.98. The standard InChI is InChI=1S/C9H11I3Si/c1-9(2,13(10,11)12)8-6-4-3-5-7-8/h3-7H,1-2H3. The van der Waals surface area contributed by atoms with E-state index in [4.69, 9.17) is 0 Å². The quantitative estimate of drug-likeness (QED) is 0.296. The van der Waals surface area contributed by atoms with Crippen LogP contribution >= 0.6 is 65.4 Å². The molecule has 0 aliphatic carbocycles. The Kier molecular flexibility index (Phi) is 4.54. The summed E-state index contributed by atoms with van der Waals surface area (Å²) in [4.78, 5) is 0. The van der Waals surface area contributed by atoms with Gasteiger partial charge in [0.15, 0.2) is 0 Å². The van der Waals surface area contributed by atoms with E-state index >= 15 is 0 Å². The van der Waals surface area contributed by atoms with Gasteiger partial charge in [-0.1, -0.05) is 110 Å². The van der Waals surface area contributed by atoms with Gasteiger partial charge in [-0.15, -0.1) is 0 Å². The van der Waals surface area contributed by atoms with E-state index in [1.165, 1.54) is 5.56 Å². The van der Waals surface area contributed by atoms with Gasteiger partial charge in [-0.25, -0.2) is 0 Å². The first-order valence-corrected chi connectivity index (χ1v) is 15.3. The lowest BCUT2D eigenvalue weighted by Gasteiger charge is -2.32. The van der Waals surface area contributed by atoms with Crippen LogP contribution in [0, 0.1) is 0 Å². The van der Waals surface area contributed by atoms with Crippen LogP contribution < -0.4 is 0 Å². The Morgan fingerprint density at radius 1 is 1.00 bits per heavy atom. The van der Waals surface area contributed by atoms with Crippen molar-refractivity contribution >= 4 is 66.0 Å². The molecule has 0 bridgehead atoms. The fourth-order valence-electron chi connectivity index (χ4n) is 1.02. The molecule has 1 rings (SSSR count). The van der Waals surface area contributed by atoms with Crippen molar-refractivity contribution in [2.24, 2.45) is 0 Å². The summed E-state index contributed by atoms with van der Waals surface area (Å²) in [5.74, 6) is 0. The van der Waals surface area contributed by atoms with Crippen molar-refractivity contribution in [1.82, 2.24) is 0 Å². The van der Waals surface area contributed by atoms with Gasteiger partial charge in [0.05, 0.1) is 0 Å². The zero-order valence-corrected chi connectivity index (χ0v) is 15.0. The molecule has 0 radical (unpaired) electrons. The Labute approximate surface area is 119 Å². The molecule has 1 aromatic rings. The van der Waals surface area contributed by atoms with Gasteiger partial charge in [0.2, 0.25) is 0 Å². The lowest BCUT2D eigenvalue weighted by molar-refractivity contribution is 0.759. The number of rotatable bonds is 2. The normalized spacial score (nSPS) is 13.0. The van der Waals surface area contributed by atoms with E-state index < -0.39 is 0.564 Å². The molecule has 0 fully saturated rings. The average molecular weight is 528 g/mol. The highest BCUT2D eigenvalue weighted by Crippen LogP contribution is 2.46. The van der Waals surface area contributed by atoms with E-state index in [0.717, 1.165) is 0 Å². The van der Waals surface area contributed by atoms with Crippen LogP contribution in [0.2, 0.25) is 0 Å². The van der Waals surface area contributed by atoms with Gasteiger partial charge in [-0.2, -0.15) is 0 Å². The third kappa shape index (κ3) is 3.04. The summed E-state index contributed by atoms with van der Waals surface area (Å²) < 4.78 is -1.22. The molecular formula is C9H11I3Si. The maximum atomic E-state index is 2.64. The molecule has 0 nitrogen and oxygen atoms in total. The van der Waals surface area contributed by atoms with Gasteiger partial charge < -0.3 is 0 Å². The van der Waals surface area contributed by atoms with E-state index in [2.05, 4.69) is 110 Å². The van der Waals surface area contributed by atoms with Crippen LogP contribution in [0.4, 0.5) is 0 Å². The molecule has 0 spiro atoms. The molecule has 0 saturated heterocycles. The Morgan fingerprint density at radius 2 is 1.46 bits per heavy atom. The summed E-state index contributed by atoms with van der Waals surface area (Å²) in [5, 5.41) is 0.329. The summed E-state index contributed by atoms with van der Waals surface area (Å²) in [6.07, 6.45) is 0. The molecule has 4 heteroatoms. The molecule has 0 saturated carbocycles. The van der Waals surface area contributed by atoms with Crippen LogP contribution in [0.1, 0.15) is 19.4 Å². The highest BCUT2D eigenvalue weighted by molar-refractivity contribution is 14.4. The van der Waals surface area contributed by atoms with Crippen molar-refractivity contribution in [1.29, 1.82) is 0 Å². The van der Waals surface area contributed by atoms with Crippen LogP contribution in [0.15, 0.2) is 30.3 Å². The zero-order chi connectivity index (χ0) is 10.1. The van der Waals surface area contributed by atoms with Crippen molar-refractivity contribution in [2.45, 2.75) is 18.9 Å². The van der Waals surface area contributed by atoms with Crippen molar-refractivity contribution < 1.29 is 0 Å². The number of halogens is 3. The van der Waals surface area contributed by atoms with Crippen molar-refractivity contribution in [3.63, 3.8) is 0 Å². The monoisotopic (exact) mass is 528 g/mol. The Balaban J connectivity index is 3.08. The molecule has 0 amide bonds. The van der Waals surface area contributed by atoms with E-state index in [0.29, 0.717) is 5.04 Å². The SMILES string of the molecule is CC(C)(c1ccccc1)[Si](I)(I)I. The minimum absolute atomic E-state index is 0.329. The minimum Gasteiger partial charge on any atom is -0.0900 e. The third-order valence-corrected chi connectivity index (χ3v) is 16.0. The molecular weight excluding hydrogens is 517 g/mol. The summed E-state index contributed by atoms with van der Waals surface area (Å²) in [6, 6.07) is 10.8. The van der Waals surface area contributed by atoms with E-state index in [-0.39, 0.29) is 0 Å². The predicted molar refractivity (Wildman–Crippen MR) is 87.3 cm³/mol. The Morgan fingerprint density at radius 3 is 1.85 bits per heavy atom. The maximum Gasteiger partial charge on any atom is 0.263 e. The van der Waals surface area contributed by atoms with E-state index in [1.54, 1.807) is 0 Å². The molecule has 1 aromatic carbocycles. The summed E-state index contributed by atoms with van der Waals surface area (Å²) in [5.41, 5.74) is 1.46. The van der Waals surface area contributed by atoms with Crippen molar-refractivity contribution in [3.05, 3.63) is 35.9 Å². The highest BCUT2D eigenvalue weighted by atomic mass is 127. The Hall–Kier alpha value is 1.63. The zero-order valence-electron chi connectivity index (χ0n) is 7.52. The number of benzene rings is 1. The van der Waals surface area contributed by atoms with Crippen molar-refractivity contribution in [3.8, 4) is 0 Å². The van der Waals surface area contributed by atoms with Gasteiger partial charge in [-0.3, -0.25) is 0 Å². The fraction of sp³-hybridized carbons (Fsp3) is 0.333. The second kappa shape index (κ2) is 4.65. The molecule has 0 atom stereocenters. The minimum atomic E-state index is -1.22. The summed E-state index contributed by atoms with van der Waals surface area (Å²) in [7, 11) is 0. The van der Waals surface area contributed by atoms with Crippen LogP contribution in [0.5, 0.6) is 0 Å². The third-order valence-electron chi connectivity index (χ3n) is 2.20. The summed E-state index contributed by atoms with van der Waals surface area (Å²) >= 11 is 7.91. The topological polar surface area (TPSA) is 0 Å². The first kappa shape index (κ1) is 12.7. The average Bonchev–Trinajstić information content (AvgIpc) is 2.04. The molecule has 72 valence electrons. The molecule has 0 aliphatic heterocycles. The van der Waals surface area contributed by atoms with Crippen LogP contribution in [0.25, 0.3) is 0 Å². The summed E-state index contributed by atoms with van der Waals surface area (Å²) in [6.45, 7) is 4.69. The molecule has 0 unspecified atom stereocenters. The highest BCUT2D eigenvalue weighted by Gasteiger charge is 2.42. The van der Waals surface area contributed by atoms with Crippen LogP contribution in [0.3, 0.4) is 0 Å². The van der Waals surface area contributed by atoms with E-state index in [9.17, 15) is 0 Å². The van der Waals surface area contributed by atoms with Gasteiger partial charge in [0, 0.05) is 5.04 Å². The van der Waals surface area contributed by atoms with Gasteiger partial charge in [-0.05, 0) is 5.56 Å². The van der Waals surface area contributed by atoms with Crippen LogP contribution in [-0.4, -0.2) is 0.564 Å². The van der Waals surface area contributed by atoms with Gasteiger partial charge in [0.25, 0.3) is 0.564 Å². The van der Waals surface area contributed by atoms with Gasteiger partial charge in [0.1, 0.15) is 0 Å². The largest absolute Gasteiger partial charge is 0.263 e. The Bertz CT molecular complexity index is 277. The molecule has 0 N–H and O–H groups in total. The second-order valence-electron chi connectivity index (χ2n) is 3.49. The maximum absolute atomic E-state index is 2.64. The number of hydrogen-bond acceptors (Lipinski definition) is 0. The lowest BCUT2D eigenvalue weighted by atomic mass is 10.0. The van der Waals surface area contributed by atoms with Crippen molar-refractivity contribution in [2.75, 3.05) is 0 Å². The lowest BCUT2D eigenvalue weighted by Crippen LogP contribution is -2.36. The smallest absolute Gasteiger partial charge is 0.0900 e. The van der Waals surface area contributed by atoms with Gasteiger partial charge >= 0.3 is 0 Å². The molecule has 0 aromatic heterocycles. The second-order valence-corrected chi connectivity index (χ2v) is 38.9. The molecule has 13 heavy (non-hydrogen) atoms. The molecule has 0 aliphatic rings. The predicted octanol–water partition coefficient (Wildman–Crippen LogP) is 4.75. The first-order chi connectivity index (χ1) is 5.86. The molecule has 0 heterocycles.